The normalized spacial score (nSPS) is 24.1. The van der Waals surface area contributed by atoms with E-state index in [1.807, 2.05) is 18.2 Å². The Morgan fingerprint density at radius 2 is 2.10 bits per heavy atom. The topological polar surface area (TPSA) is 31.2 Å². The molecule has 110 valence electrons. The fourth-order valence-corrected chi connectivity index (χ4v) is 4.06. The number of rotatable bonds is 3. The number of hydrogen-bond donors (Lipinski definition) is 0. The number of fused-ring (bicyclic) bond motifs is 1. The highest BCUT2D eigenvalue weighted by Crippen LogP contribution is 2.43. The monoisotopic (exact) mass is 283 g/mol. The lowest BCUT2D eigenvalue weighted by atomic mass is 9.98. The molecule has 2 heterocycles. The summed E-state index contributed by atoms with van der Waals surface area (Å²) in [6.45, 7) is 0.896. The molecule has 1 spiro atoms. The van der Waals surface area contributed by atoms with Crippen LogP contribution in [-0.2, 0) is 11.3 Å². The van der Waals surface area contributed by atoms with Gasteiger partial charge in [-0.1, -0.05) is 25.0 Å². The predicted octanol–water partition coefficient (Wildman–Crippen LogP) is 3.95. The standard InChI is InChI=1S/C18H21NO2/c20-13-14-3-4-15-6-10-19(17(15)11-14)12-16-5-9-18(21-16)7-1-2-8-18/h3-4,6,10-11,13,16H,1-2,5,7-9,12H2. The zero-order valence-corrected chi connectivity index (χ0v) is 12.3. The summed E-state index contributed by atoms with van der Waals surface area (Å²) >= 11 is 0. The highest BCUT2D eigenvalue weighted by Gasteiger charge is 2.42. The van der Waals surface area contributed by atoms with E-state index in [9.17, 15) is 4.79 Å². The van der Waals surface area contributed by atoms with E-state index in [1.165, 1.54) is 37.5 Å². The van der Waals surface area contributed by atoms with Crippen molar-refractivity contribution in [3.8, 4) is 0 Å². The Labute approximate surface area is 124 Å². The molecule has 1 saturated heterocycles. The molecule has 0 amide bonds. The maximum absolute atomic E-state index is 11.0. The van der Waals surface area contributed by atoms with Gasteiger partial charge in [-0.25, -0.2) is 0 Å². The lowest BCUT2D eigenvalue weighted by Gasteiger charge is -2.24. The van der Waals surface area contributed by atoms with E-state index in [-0.39, 0.29) is 5.60 Å². The van der Waals surface area contributed by atoms with Gasteiger partial charge in [0, 0.05) is 23.8 Å². The second kappa shape index (κ2) is 4.99. The molecule has 1 aromatic carbocycles. The average molecular weight is 283 g/mol. The van der Waals surface area contributed by atoms with E-state index < -0.39 is 0 Å². The summed E-state index contributed by atoms with van der Waals surface area (Å²) in [6, 6.07) is 7.98. The first-order chi connectivity index (χ1) is 10.3. The number of nitrogens with zero attached hydrogens (tertiary/aromatic N) is 1. The molecule has 4 rings (SSSR count). The Kier molecular flexibility index (Phi) is 3.11. The van der Waals surface area contributed by atoms with Crippen LogP contribution in [0.1, 0.15) is 48.9 Å². The van der Waals surface area contributed by atoms with E-state index in [0.29, 0.717) is 6.10 Å². The molecule has 1 atom stereocenters. The molecule has 3 heteroatoms. The van der Waals surface area contributed by atoms with Crippen LogP contribution in [0.2, 0.25) is 0 Å². The van der Waals surface area contributed by atoms with Gasteiger partial charge in [0.15, 0.2) is 0 Å². The fourth-order valence-electron chi connectivity index (χ4n) is 4.06. The van der Waals surface area contributed by atoms with Crippen molar-refractivity contribution in [1.29, 1.82) is 0 Å². The van der Waals surface area contributed by atoms with E-state index in [1.54, 1.807) is 0 Å². The molecule has 1 saturated carbocycles. The van der Waals surface area contributed by atoms with Crippen LogP contribution in [0.15, 0.2) is 30.5 Å². The maximum Gasteiger partial charge on any atom is 0.150 e. The number of carbonyl (C=O) groups is 1. The van der Waals surface area contributed by atoms with Crippen LogP contribution in [0.25, 0.3) is 10.9 Å². The number of benzene rings is 1. The first-order valence-corrected chi connectivity index (χ1v) is 8.00. The van der Waals surface area contributed by atoms with Crippen LogP contribution in [0, 0.1) is 0 Å². The minimum absolute atomic E-state index is 0.196. The van der Waals surface area contributed by atoms with Crippen molar-refractivity contribution in [2.75, 3.05) is 0 Å². The van der Waals surface area contributed by atoms with Gasteiger partial charge in [-0.15, -0.1) is 0 Å². The van der Waals surface area contributed by atoms with Crippen molar-refractivity contribution in [3.63, 3.8) is 0 Å². The van der Waals surface area contributed by atoms with Crippen molar-refractivity contribution in [2.45, 2.75) is 56.8 Å². The van der Waals surface area contributed by atoms with Crippen molar-refractivity contribution in [3.05, 3.63) is 36.0 Å². The summed E-state index contributed by atoms with van der Waals surface area (Å²) in [7, 11) is 0. The predicted molar refractivity (Wildman–Crippen MR) is 82.6 cm³/mol. The Bertz CT molecular complexity index is 667. The molecular weight excluding hydrogens is 262 g/mol. The summed E-state index contributed by atoms with van der Waals surface area (Å²) in [5, 5.41) is 1.19. The smallest absolute Gasteiger partial charge is 0.150 e. The first kappa shape index (κ1) is 13.1. The van der Waals surface area contributed by atoms with Gasteiger partial charge in [-0.05, 0) is 43.2 Å². The summed E-state index contributed by atoms with van der Waals surface area (Å²) < 4.78 is 8.64. The Morgan fingerprint density at radius 1 is 1.24 bits per heavy atom. The zero-order chi connectivity index (χ0) is 14.3. The van der Waals surface area contributed by atoms with Gasteiger partial charge in [0.25, 0.3) is 0 Å². The minimum Gasteiger partial charge on any atom is -0.370 e. The quantitative estimate of drug-likeness (QED) is 0.799. The van der Waals surface area contributed by atoms with E-state index >= 15 is 0 Å². The van der Waals surface area contributed by atoms with E-state index in [2.05, 4.69) is 16.8 Å². The molecule has 0 N–H and O–H groups in total. The van der Waals surface area contributed by atoms with Gasteiger partial charge < -0.3 is 9.30 Å². The van der Waals surface area contributed by atoms with Crippen LogP contribution in [0.5, 0.6) is 0 Å². The van der Waals surface area contributed by atoms with Gasteiger partial charge in [0.05, 0.1) is 11.7 Å². The van der Waals surface area contributed by atoms with Crippen LogP contribution in [-0.4, -0.2) is 22.6 Å². The minimum atomic E-state index is 0.196. The second-order valence-electron chi connectivity index (χ2n) is 6.57. The van der Waals surface area contributed by atoms with Crippen molar-refractivity contribution >= 4 is 17.2 Å². The Balaban J connectivity index is 1.56. The number of hydrogen-bond acceptors (Lipinski definition) is 2. The van der Waals surface area contributed by atoms with Crippen molar-refractivity contribution < 1.29 is 9.53 Å². The lowest BCUT2D eigenvalue weighted by molar-refractivity contribution is -0.0414. The van der Waals surface area contributed by atoms with Gasteiger partial charge in [-0.3, -0.25) is 4.79 Å². The van der Waals surface area contributed by atoms with Crippen LogP contribution in [0.4, 0.5) is 0 Å². The fraction of sp³-hybridized carbons (Fsp3) is 0.500. The van der Waals surface area contributed by atoms with E-state index in [0.717, 1.165) is 30.3 Å². The molecule has 2 fully saturated rings. The number of ether oxygens (including phenoxy) is 1. The summed E-state index contributed by atoms with van der Waals surface area (Å²) in [5.41, 5.74) is 2.07. The zero-order valence-electron chi connectivity index (χ0n) is 12.3. The molecule has 1 aromatic heterocycles. The third-order valence-electron chi connectivity index (χ3n) is 5.19. The van der Waals surface area contributed by atoms with Crippen LogP contribution < -0.4 is 0 Å². The first-order valence-electron chi connectivity index (χ1n) is 8.00. The molecule has 0 radical (unpaired) electrons. The number of carbonyl (C=O) groups excluding carboxylic acids is 1. The molecule has 3 nitrogen and oxygen atoms in total. The summed E-state index contributed by atoms with van der Waals surface area (Å²) in [4.78, 5) is 11.0. The molecule has 2 aliphatic rings. The molecule has 1 aliphatic heterocycles. The van der Waals surface area contributed by atoms with Gasteiger partial charge in [0.1, 0.15) is 6.29 Å². The maximum atomic E-state index is 11.0. The number of aldehydes is 1. The van der Waals surface area contributed by atoms with E-state index in [4.69, 9.17) is 4.74 Å². The lowest BCUT2D eigenvalue weighted by Crippen LogP contribution is -2.26. The largest absolute Gasteiger partial charge is 0.370 e. The molecule has 0 bridgehead atoms. The molecule has 1 aliphatic carbocycles. The Hall–Kier alpha value is -1.61. The van der Waals surface area contributed by atoms with Gasteiger partial charge in [0.2, 0.25) is 0 Å². The highest BCUT2D eigenvalue weighted by molar-refractivity contribution is 5.87. The molecule has 1 unspecified atom stereocenters. The van der Waals surface area contributed by atoms with Gasteiger partial charge >= 0.3 is 0 Å². The summed E-state index contributed by atoms with van der Waals surface area (Å²) in [6.07, 6.45) is 10.8. The van der Waals surface area contributed by atoms with Crippen molar-refractivity contribution in [2.24, 2.45) is 0 Å². The average Bonchev–Trinajstić information content (AvgIpc) is 3.22. The third-order valence-corrected chi connectivity index (χ3v) is 5.19. The van der Waals surface area contributed by atoms with Gasteiger partial charge in [-0.2, -0.15) is 0 Å². The number of aromatic nitrogens is 1. The van der Waals surface area contributed by atoms with Crippen molar-refractivity contribution in [1.82, 2.24) is 4.57 Å². The second-order valence-corrected chi connectivity index (χ2v) is 6.57. The Morgan fingerprint density at radius 3 is 2.90 bits per heavy atom. The van der Waals surface area contributed by atoms with Crippen LogP contribution >= 0.6 is 0 Å². The summed E-state index contributed by atoms with van der Waals surface area (Å²) in [5.74, 6) is 0. The highest BCUT2D eigenvalue weighted by atomic mass is 16.5. The van der Waals surface area contributed by atoms with Crippen LogP contribution in [0.3, 0.4) is 0 Å². The third kappa shape index (κ3) is 2.30. The molecular formula is C18H21NO2. The molecule has 2 aromatic rings. The SMILES string of the molecule is O=Cc1ccc2ccn(CC3CCC4(CCCC4)O3)c2c1. The molecule has 21 heavy (non-hydrogen) atoms.